The van der Waals surface area contributed by atoms with E-state index in [-0.39, 0.29) is 11.7 Å². The highest BCUT2D eigenvalue weighted by atomic mass is 35.5. The molecule has 0 bridgehead atoms. The van der Waals surface area contributed by atoms with Crippen LogP contribution in [0, 0.1) is 0 Å². The molecule has 0 unspecified atom stereocenters. The number of benzene rings is 1. The van der Waals surface area contributed by atoms with Gasteiger partial charge in [0.25, 0.3) is 5.91 Å². The summed E-state index contributed by atoms with van der Waals surface area (Å²) in [4.78, 5) is 14.3. The molecule has 1 N–H and O–H groups in total. The zero-order valence-electron chi connectivity index (χ0n) is 10.3. The first-order valence-corrected chi connectivity index (χ1v) is 6.92. The molecule has 18 heavy (non-hydrogen) atoms. The lowest BCUT2D eigenvalue weighted by molar-refractivity contribution is 0.0695. The molecular weight excluding hydrogens is 250 g/mol. The van der Waals surface area contributed by atoms with E-state index in [4.69, 9.17) is 11.6 Å². The second-order valence-corrected chi connectivity index (χ2v) is 5.05. The first-order valence-electron chi connectivity index (χ1n) is 6.38. The van der Waals surface area contributed by atoms with Crippen molar-refractivity contribution in [3.8, 4) is 5.75 Å². The third-order valence-corrected chi connectivity index (χ3v) is 3.64. The highest BCUT2D eigenvalue weighted by Gasteiger charge is 2.26. The molecule has 0 spiro atoms. The summed E-state index contributed by atoms with van der Waals surface area (Å²) in [7, 11) is 0. The molecular formula is C14H18ClNO2. The molecule has 2 rings (SSSR count). The van der Waals surface area contributed by atoms with Crippen molar-refractivity contribution < 1.29 is 9.90 Å². The number of rotatable bonds is 4. The second-order valence-electron chi connectivity index (χ2n) is 4.67. The number of halogens is 1. The van der Waals surface area contributed by atoms with E-state index in [9.17, 15) is 9.90 Å². The minimum atomic E-state index is 0.0163. The molecule has 0 radical (unpaired) electrons. The topological polar surface area (TPSA) is 40.5 Å². The Kier molecular flexibility index (Phi) is 4.48. The Labute approximate surface area is 112 Å². The van der Waals surface area contributed by atoms with Crippen molar-refractivity contribution in [1.82, 2.24) is 4.90 Å². The summed E-state index contributed by atoms with van der Waals surface area (Å²) in [6, 6.07) is 6.73. The molecule has 1 aliphatic carbocycles. The molecule has 0 saturated heterocycles. The highest BCUT2D eigenvalue weighted by molar-refractivity contribution is 6.18. The van der Waals surface area contributed by atoms with Crippen LogP contribution in [0.5, 0.6) is 5.75 Å². The second kappa shape index (κ2) is 6.10. The normalized spacial score (nSPS) is 15.8. The maximum absolute atomic E-state index is 12.4. The molecule has 1 saturated carbocycles. The van der Waals surface area contributed by atoms with Crippen LogP contribution in [-0.4, -0.2) is 34.4 Å². The fourth-order valence-corrected chi connectivity index (χ4v) is 2.71. The molecule has 1 aromatic carbocycles. The van der Waals surface area contributed by atoms with E-state index in [1.54, 1.807) is 24.3 Å². The summed E-state index contributed by atoms with van der Waals surface area (Å²) < 4.78 is 0. The van der Waals surface area contributed by atoms with E-state index in [0.29, 0.717) is 24.0 Å². The molecule has 98 valence electrons. The van der Waals surface area contributed by atoms with E-state index >= 15 is 0 Å². The predicted molar refractivity (Wildman–Crippen MR) is 72.1 cm³/mol. The van der Waals surface area contributed by atoms with Crippen LogP contribution < -0.4 is 0 Å². The number of hydrogen-bond donors (Lipinski definition) is 1. The van der Waals surface area contributed by atoms with Crippen LogP contribution in [0.15, 0.2) is 24.3 Å². The van der Waals surface area contributed by atoms with Gasteiger partial charge in [0.15, 0.2) is 0 Å². The average molecular weight is 268 g/mol. The number of nitrogens with zero attached hydrogens (tertiary/aromatic N) is 1. The van der Waals surface area contributed by atoms with E-state index in [1.165, 1.54) is 12.8 Å². The Balaban J connectivity index is 2.14. The number of hydrogen-bond acceptors (Lipinski definition) is 2. The van der Waals surface area contributed by atoms with Crippen LogP contribution >= 0.6 is 11.6 Å². The first-order chi connectivity index (χ1) is 8.72. The van der Waals surface area contributed by atoms with E-state index < -0.39 is 0 Å². The standard InChI is InChI=1S/C14H18ClNO2/c15-9-10-16(12-3-1-2-4-12)14(18)11-5-7-13(17)8-6-11/h5-8,12,17H,1-4,9-10H2. The third-order valence-electron chi connectivity index (χ3n) is 3.47. The minimum Gasteiger partial charge on any atom is -0.508 e. The highest BCUT2D eigenvalue weighted by Crippen LogP contribution is 2.25. The predicted octanol–water partition coefficient (Wildman–Crippen LogP) is 3.02. The van der Waals surface area contributed by atoms with Crippen molar-refractivity contribution in [2.75, 3.05) is 12.4 Å². The van der Waals surface area contributed by atoms with Gasteiger partial charge in [-0.1, -0.05) is 12.8 Å². The minimum absolute atomic E-state index is 0.0163. The zero-order valence-corrected chi connectivity index (χ0v) is 11.1. The van der Waals surface area contributed by atoms with Gasteiger partial charge in [-0.2, -0.15) is 0 Å². The summed E-state index contributed by atoms with van der Waals surface area (Å²) in [5, 5.41) is 9.25. The number of phenols is 1. The molecule has 1 aliphatic rings. The van der Waals surface area contributed by atoms with Crippen molar-refractivity contribution in [1.29, 1.82) is 0 Å². The Morgan fingerprint density at radius 1 is 1.28 bits per heavy atom. The fourth-order valence-electron chi connectivity index (χ4n) is 2.53. The average Bonchev–Trinajstić information content (AvgIpc) is 2.90. The summed E-state index contributed by atoms with van der Waals surface area (Å²) in [6.45, 7) is 0.589. The maximum Gasteiger partial charge on any atom is 0.254 e. The summed E-state index contributed by atoms with van der Waals surface area (Å²) in [5.74, 6) is 0.652. The maximum atomic E-state index is 12.4. The van der Waals surface area contributed by atoms with E-state index in [2.05, 4.69) is 0 Å². The molecule has 4 heteroatoms. The van der Waals surface area contributed by atoms with Crippen molar-refractivity contribution in [3.63, 3.8) is 0 Å². The van der Waals surface area contributed by atoms with Crippen molar-refractivity contribution in [3.05, 3.63) is 29.8 Å². The van der Waals surface area contributed by atoms with Crippen LogP contribution in [0.2, 0.25) is 0 Å². The molecule has 1 amide bonds. The number of amides is 1. The van der Waals surface area contributed by atoms with Gasteiger partial charge in [-0.25, -0.2) is 0 Å². The summed E-state index contributed by atoms with van der Waals surface area (Å²) in [6.07, 6.45) is 4.51. The van der Waals surface area contributed by atoms with Crippen LogP contribution in [0.25, 0.3) is 0 Å². The van der Waals surface area contributed by atoms with Crippen LogP contribution in [0.3, 0.4) is 0 Å². The van der Waals surface area contributed by atoms with Gasteiger partial charge in [0.1, 0.15) is 5.75 Å². The molecule has 0 aliphatic heterocycles. The van der Waals surface area contributed by atoms with Crippen LogP contribution in [-0.2, 0) is 0 Å². The smallest absolute Gasteiger partial charge is 0.254 e. The SMILES string of the molecule is O=C(c1ccc(O)cc1)N(CCCl)C1CCCC1. The quantitative estimate of drug-likeness (QED) is 0.852. The number of phenolic OH excluding ortho intramolecular Hbond substituents is 1. The van der Waals surface area contributed by atoms with E-state index in [0.717, 1.165) is 12.8 Å². The van der Waals surface area contributed by atoms with Crippen molar-refractivity contribution in [2.24, 2.45) is 0 Å². The van der Waals surface area contributed by atoms with Gasteiger partial charge in [-0.05, 0) is 37.1 Å². The van der Waals surface area contributed by atoms with Gasteiger partial charge in [0, 0.05) is 24.0 Å². The third kappa shape index (κ3) is 2.96. The Morgan fingerprint density at radius 2 is 1.89 bits per heavy atom. The van der Waals surface area contributed by atoms with Gasteiger partial charge in [0.05, 0.1) is 0 Å². The fraction of sp³-hybridized carbons (Fsp3) is 0.500. The number of carbonyl (C=O) groups excluding carboxylic acids is 1. The largest absolute Gasteiger partial charge is 0.508 e. The Hall–Kier alpha value is -1.22. The van der Waals surface area contributed by atoms with Crippen LogP contribution in [0.1, 0.15) is 36.0 Å². The van der Waals surface area contributed by atoms with Crippen LogP contribution in [0.4, 0.5) is 0 Å². The lowest BCUT2D eigenvalue weighted by Crippen LogP contribution is -2.40. The number of alkyl halides is 1. The van der Waals surface area contributed by atoms with Gasteiger partial charge in [-0.15, -0.1) is 11.6 Å². The van der Waals surface area contributed by atoms with Gasteiger partial charge in [0.2, 0.25) is 0 Å². The molecule has 3 nitrogen and oxygen atoms in total. The molecule has 1 aromatic rings. The molecule has 0 atom stereocenters. The zero-order chi connectivity index (χ0) is 13.0. The Morgan fingerprint density at radius 3 is 2.44 bits per heavy atom. The van der Waals surface area contributed by atoms with Crippen molar-refractivity contribution >= 4 is 17.5 Å². The van der Waals surface area contributed by atoms with E-state index in [1.807, 2.05) is 4.90 Å². The van der Waals surface area contributed by atoms with Crippen molar-refractivity contribution in [2.45, 2.75) is 31.7 Å². The molecule has 1 fully saturated rings. The number of carbonyl (C=O) groups is 1. The lowest BCUT2D eigenvalue weighted by Gasteiger charge is -2.28. The molecule has 0 heterocycles. The summed E-state index contributed by atoms with van der Waals surface area (Å²) in [5.41, 5.74) is 0.616. The summed E-state index contributed by atoms with van der Waals surface area (Å²) >= 11 is 5.80. The Bertz CT molecular complexity index is 399. The monoisotopic (exact) mass is 267 g/mol. The van der Waals surface area contributed by atoms with Gasteiger partial charge in [-0.3, -0.25) is 4.79 Å². The van der Waals surface area contributed by atoms with Gasteiger partial charge >= 0.3 is 0 Å². The lowest BCUT2D eigenvalue weighted by atomic mass is 10.1. The number of aromatic hydroxyl groups is 1. The first kappa shape index (κ1) is 13.2. The molecule has 0 aromatic heterocycles. The van der Waals surface area contributed by atoms with Gasteiger partial charge < -0.3 is 10.0 Å².